The van der Waals surface area contributed by atoms with Crippen LogP contribution in [0.15, 0.2) is 34.7 Å². The van der Waals surface area contributed by atoms with Crippen LogP contribution in [-0.2, 0) is 6.18 Å². The lowest BCUT2D eigenvalue weighted by Gasteiger charge is -2.10. The molecule has 0 aliphatic heterocycles. The van der Waals surface area contributed by atoms with Crippen molar-refractivity contribution >= 4 is 11.6 Å². The van der Waals surface area contributed by atoms with Crippen molar-refractivity contribution in [2.45, 2.75) is 19.1 Å². The Balaban J connectivity index is 2.41. The SMILES string of the molecule is CNC(C)c1ccc(-c2ccc(Cl)c(C(F)(F)F)c2)o1. The first kappa shape index (κ1) is 14.9. The van der Waals surface area contributed by atoms with E-state index in [1.165, 1.54) is 12.1 Å². The number of halogens is 4. The van der Waals surface area contributed by atoms with Crippen LogP contribution < -0.4 is 5.32 Å². The van der Waals surface area contributed by atoms with Crippen molar-refractivity contribution in [1.82, 2.24) is 5.32 Å². The Morgan fingerprint density at radius 1 is 1.20 bits per heavy atom. The average molecular weight is 304 g/mol. The molecule has 2 aromatic rings. The maximum absolute atomic E-state index is 12.8. The number of furan rings is 1. The van der Waals surface area contributed by atoms with Gasteiger partial charge in [0.25, 0.3) is 0 Å². The molecule has 0 bridgehead atoms. The lowest BCUT2D eigenvalue weighted by atomic mass is 10.1. The highest BCUT2D eigenvalue weighted by molar-refractivity contribution is 6.31. The van der Waals surface area contributed by atoms with Gasteiger partial charge in [-0.1, -0.05) is 11.6 Å². The normalized spacial score (nSPS) is 13.5. The highest BCUT2D eigenvalue weighted by atomic mass is 35.5. The maximum atomic E-state index is 12.8. The second-order valence-electron chi connectivity index (χ2n) is 4.40. The molecule has 0 fully saturated rings. The Kier molecular flexibility index (Phi) is 4.11. The molecule has 1 N–H and O–H groups in total. The van der Waals surface area contributed by atoms with E-state index in [0.29, 0.717) is 17.1 Å². The Labute approximate surface area is 119 Å². The quantitative estimate of drug-likeness (QED) is 0.872. The molecule has 1 atom stereocenters. The van der Waals surface area contributed by atoms with Crippen LogP contribution >= 0.6 is 11.6 Å². The van der Waals surface area contributed by atoms with Gasteiger partial charge in [-0.15, -0.1) is 0 Å². The minimum absolute atomic E-state index is 0.0156. The summed E-state index contributed by atoms with van der Waals surface area (Å²) in [5, 5.41) is 2.67. The molecule has 6 heteroatoms. The number of rotatable bonds is 3. The van der Waals surface area contributed by atoms with Gasteiger partial charge in [-0.2, -0.15) is 13.2 Å². The van der Waals surface area contributed by atoms with E-state index < -0.39 is 11.7 Å². The number of hydrogen-bond donors (Lipinski definition) is 1. The third-order valence-corrected chi connectivity index (χ3v) is 3.37. The molecule has 0 saturated heterocycles. The third-order valence-electron chi connectivity index (χ3n) is 3.04. The molecule has 20 heavy (non-hydrogen) atoms. The van der Waals surface area contributed by atoms with E-state index in [0.717, 1.165) is 6.07 Å². The van der Waals surface area contributed by atoms with Crippen molar-refractivity contribution in [1.29, 1.82) is 0 Å². The first-order chi connectivity index (χ1) is 9.32. The van der Waals surface area contributed by atoms with Crippen LogP contribution in [0.1, 0.15) is 24.3 Å². The minimum Gasteiger partial charge on any atom is -0.459 e. The monoisotopic (exact) mass is 303 g/mol. The number of alkyl halides is 3. The van der Waals surface area contributed by atoms with E-state index in [1.54, 1.807) is 19.2 Å². The van der Waals surface area contributed by atoms with Crippen molar-refractivity contribution in [3.8, 4) is 11.3 Å². The molecule has 0 spiro atoms. The van der Waals surface area contributed by atoms with Crippen molar-refractivity contribution in [3.05, 3.63) is 46.7 Å². The molecule has 1 unspecified atom stereocenters. The Morgan fingerprint density at radius 3 is 2.50 bits per heavy atom. The molecule has 0 amide bonds. The van der Waals surface area contributed by atoms with Gasteiger partial charge >= 0.3 is 6.18 Å². The average Bonchev–Trinajstić information content (AvgIpc) is 2.86. The van der Waals surface area contributed by atoms with E-state index in [-0.39, 0.29) is 11.1 Å². The fourth-order valence-electron chi connectivity index (χ4n) is 1.78. The highest BCUT2D eigenvalue weighted by Gasteiger charge is 2.33. The zero-order valence-electron chi connectivity index (χ0n) is 10.9. The fourth-order valence-corrected chi connectivity index (χ4v) is 2.00. The molecule has 1 aromatic heterocycles. The van der Waals surface area contributed by atoms with E-state index in [1.807, 2.05) is 6.92 Å². The predicted molar refractivity (Wildman–Crippen MR) is 71.6 cm³/mol. The second-order valence-corrected chi connectivity index (χ2v) is 4.81. The Bertz CT molecular complexity index is 607. The molecule has 0 aliphatic rings. The van der Waals surface area contributed by atoms with E-state index in [4.69, 9.17) is 16.0 Å². The minimum atomic E-state index is -4.49. The van der Waals surface area contributed by atoms with Crippen LogP contribution in [0.5, 0.6) is 0 Å². The highest BCUT2D eigenvalue weighted by Crippen LogP contribution is 2.37. The van der Waals surface area contributed by atoms with Crippen LogP contribution in [0.25, 0.3) is 11.3 Å². The van der Waals surface area contributed by atoms with Gasteiger partial charge in [-0.25, -0.2) is 0 Å². The molecule has 0 aliphatic carbocycles. The molecule has 0 radical (unpaired) electrons. The summed E-state index contributed by atoms with van der Waals surface area (Å²) in [5.74, 6) is 1.04. The second kappa shape index (κ2) is 5.50. The summed E-state index contributed by atoms with van der Waals surface area (Å²) in [4.78, 5) is 0. The topological polar surface area (TPSA) is 25.2 Å². The lowest BCUT2D eigenvalue weighted by Crippen LogP contribution is -2.11. The zero-order valence-corrected chi connectivity index (χ0v) is 11.6. The van der Waals surface area contributed by atoms with Crippen molar-refractivity contribution < 1.29 is 17.6 Å². The third kappa shape index (κ3) is 2.99. The van der Waals surface area contributed by atoms with Crippen molar-refractivity contribution in [2.24, 2.45) is 0 Å². The molecule has 2 rings (SSSR count). The standard InChI is InChI=1S/C14H13ClF3NO/c1-8(19-2)12-5-6-13(20-12)9-3-4-11(15)10(7-9)14(16,17)18/h3-8,19H,1-2H3. The van der Waals surface area contributed by atoms with Gasteiger partial charge in [0.1, 0.15) is 11.5 Å². The summed E-state index contributed by atoms with van der Waals surface area (Å²) < 4.78 is 44.0. The van der Waals surface area contributed by atoms with Gasteiger partial charge in [-0.3, -0.25) is 0 Å². The molecular formula is C14H13ClF3NO. The molecule has 1 heterocycles. The smallest absolute Gasteiger partial charge is 0.417 e. The van der Waals surface area contributed by atoms with Crippen LogP contribution in [0, 0.1) is 0 Å². The molecular weight excluding hydrogens is 291 g/mol. The van der Waals surface area contributed by atoms with Crippen LogP contribution in [0.3, 0.4) is 0 Å². The summed E-state index contributed by atoms with van der Waals surface area (Å²) in [7, 11) is 1.77. The van der Waals surface area contributed by atoms with Crippen molar-refractivity contribution in [2.75, 3.05) is 7.05 Å². The number of hydrogen-bond acceptors (Lipinski definition) is 2. The van der Waals surface area contributed by atoms with E-state index in [2.05, 4.69) is 5.32 Å². The van der Waals surface area contributed by atoms with Crippen LogP contribution in [0.4, 0.5) is 13.2 Å². The van der Waals surface area contributed by atoms with Crippen molar-refractivity contribution in [3.63, 3.8) is 0 Å². The summed E-state index contributed by atoms with van der Waals surface area (Å²) in [6.45, 7) is 1.89. The van der Waals surface area contributed by atoms with E-state index >= 15 is 0 Å². The first-order valence-electron chi connectivity index (χ1n) is 5.97. The van der Waals surface area contributed by atoms with Crippen LogP contribution in [-0.4, -0.2) is 7.05 Å². The van der Waals surface area contributed by atoms with Gasteiger partial charge < -0.3 is 9.73 Å². The summed E-state index contributed by atoms with van der Waals surface area (Å²) in [6.07, 6.45) is -4.49. The number of nitrogens with one attached hydrogen (secondary N) is 1. The largest absolute Gasteiger partial charge is 0.459 e. The molecule has 0 saturated carbocycles. The Morgan fingerprint density at radius 2 is 1.90 bits per heavy atom. The number of benzene rings is 1. The summed E-state index contributed by atoms with van der Waals surface area (Å²) in [6, 6.07) is 7.09. The molecule has 1 aromatic carbocycles. The first-order valence-corrected chi connectivity index (χ1v) is 6.35. The van der Waals surface area contributed by atoms with Gasteiger partial charge in [-0.05, 0) is 44.3 Å². The fraction of sp³-hybridized carbons (Fsp3) is 0.286. The van der Waals surface area contributed by atoms with E-state index in [9.17, 15) is 13.2 Å². The predicted octanol–water partition coefficient (Wildman–Crippen LogP) is 4.90. The summed E-state index contributed by atoms with van der Waals surface area (Å²) in [5.41, 5.74) is -0.521. The summed E-state index contributed by atoms with van der Waals surface area (Å²) >= 11 is 5.59. The zero-order chi connectivity index (χ0) is 14.9. The van der Waals surface area contributed by atoms with Crippen LogP contribution in [0.2, 0.25) is 5.02 Å². The van der Waals surface area contributed by atoms with Gasteiger partial charge in [0.05, 0.1) is 16.6 Å². The molecule has 108 valence electrons. The van der Waals surface area contributed by atoms with Gasteiger partial charge in [0, 0.05) is 5.56 Å². The lowest BCUT2D eigenvalue weighted by molar-refractivity contribution is -0.137. The van der Waals surface area contributed by atoms with Gasteiger partial charge in [0.15, 0.2) is 0 Å². The van der Waals surface area contributed by atoms with Gasteiger partial charge in [0.2, 0.25) is 0 Å². The Hall–Kier alpha value is -1.46. The molecule has 2 nitrogen and oxygen atoms in total. The maximum Gasteiger partial charge on any atom is 0.417 e.